The van der Waals surface area contributed by atoms with Crippen molar-refractivity contribution in [1.29, 1.82) is 0 Å². The van der Waals surface area contributed by atoms with E-state index in [0.717, 1.165) is 34.6 Å². The molecule has 0 bridgehead atoms. The molecule has 3 amide bonds. The lowest BCUT2D eigenvalue weighted by molar-refractivity contribution is -0.116. The first-order valence-corrected chi connectivity index (χ1v) is 19.8. The first kappa shape index (κ1) is 38.8. The molecule has 12 heteroatoms. The first-order valence-electron chi connectivity index (χ1n) is 17.3. The molecule has 5 aromatic rings. The average Bonchev–Trinajstić information content (AvgIpc) is 3.55. The Morgan fingerprint density at radius 1 is 0.926 bits per heavy atom. The van der Waals surface area contributed by atoms with Crippen molar-refractivity contribution in [3.8, 4) is 0 Å². The number of amides is 3. The Hall–Kier alpha value is -4.87. The van der Waals surface area contributed by atoms with Gasteiger partial charge < -0.3 is 20.7 Å². The normalized spacial score (nSPS) is 14.4. The summed E-state index contributed by atoms with van der Waals surface area (Å²) in [7, 11) is 1.35. The summed E-state index contributed by atoms with van der Waals surface area (Å²) >= 11 is 15.4. The van der Waals surface area contributed by atoms with Crippen LogP contribution in [0.1, 0.15) is 68.0 Å². The summed E-state index contributed by atoms with van der Waals surface area (Å²) in [4.78, 5) is 55.4. The molecule has 4 aromatic carbocycles. The standard InChI is InChI=1S/C42H37Cl2N3O5S2/c1-3-34(40(50)47-41-36(42(51)52-2)31-21-20-27(23-35(31)54-41)25-12-6-4-7-13-25)53-30-18-11-17-29(24-30)45-39(49)33(22-28-16-10-19-32(43)37(28)44)46-38(48)26-14-8-5-9-15-26/h4-19,22,24,27,34H,3,20-21,23H2,1-2H3,(H,45,49)(H,46,48)(H,47,50)/b33-22+. The van der Waals surface area contributed by atoms with Gasteiger partial charge in [-0.1, -0.05) is 96.9 Å². The third-order valence-electron chi connectivity index (χ3n) is 9.01. The van der Waals surface area contributed by atoms with Gasteiger partial charge in [-0.25, -0.2) is 4.79 Å². The Morgan fingerprint density at radius 2 is 1.65 bits per heavy atom. The van der Waals surface area contributed by atoms with E-state index in [0.29, 0.717) is 44.7 Å². The summed E-state index contributed by atoms with van der Waals surface area (Å²) in [5, 5.41) is 9.15. The van der Waals surface area contributed by atoms with Crippen LogP contribution in [0.3, 0.4) is 0 Å². The molecule has 276 valence electrons. The number of thioether (sulfide) groups is 1. The van der Waals surface area contributed by atoms with Crippen LogP contribution < -0.4 is 16.0 Å². The lowest BCUT2D eigenvalue weighted by Gasteiger charge is -2.22. The zero-order chi connectivity index (χ0) is 38.2. The van der Waals surface area contributed by atoms with Gasteiger partial charge in [-0.05, 0) is 90.8 Å². The second kappa shape index (κ2) is 18.0. The number of thiophene rings is 1. The van der Waals surface area contributed by atoms with Gasteiger partial charge in [0.1, 0.15) is 10.7 Å². The number of halogens is 2. The van der Waals surface area contributed by atoms with Gasteiger partial charge in [0.15, 0.2) is 0 Å². The number of carbonyl (C=O) groups is 4. The van der Waals surface area contributed by atoms with Crippen LogP contribution in [0, 0.1) is 0 Å². The van der Waals surface area contributed by atoms with Crippen molar-refractivity contribution in [3.05, 3.63) is 152 Å². The molecule has 0 fully saturated rings. The molecule has 1 aliphatic rings. The molecule has 54 heavy (non-hydrogen) atoms. The van der Waals surface area contributed by atoms with Crippen molar-refractivity contribution in [2.75, 3.05) is 17.7 Å². The molecule has 1 aromatic heterocycles. The lowest BCUT2D eigenvalue weighted by atomic mass is 9.83. The molecule has 0 aliphatic heterocycles. The highest BCUT2D eigenvalue weighted by Crippen LogP contribution is 2.43. The van der Waals surface area contributed by atoms with Crippen molar-refractivity contribution in [2.24, 2.45) is 0 Å². The highest BCUT2D eigenvalue weighted by atomic mass is 35.5. The van der Waals surface area contributed by atoms with Crippen molar-refractivity contribution >= 4 is 86.8 Å². The van der Waals surface area contributed by atoms with Crippen LogP contribution >= 0.6 is 46.3 Å². The van der Waals surface area contributed by atoms with Crippen LogP contribution in [-0.4, -0.2) is 36.1 Å². The van der Waals surface area contributed by atoms with Crippen LogP contribution in [0.4, 0.5) is 10.7 Å². The Labute approximate surface area is 332 Å². The number of fused-ring (bicyclic) bond motifs is 1. The summed E-state index contributed by atoms with van der Waals surface area (Å²) in [6.45, 7) is 1.92. The molecular weight excluding hydrogens is 762 g/mol. The largest absolute Gasteiger partial charge is 0.465 e. The zero-order valence-electron chi connectivity index (χ0n) is 29.5. The third-order valence-corrected chi connectivity index (χ3v) is 12.4. The van der Waals surface area contributed by atoms with Crippen LogP contribution in [0.2, 0.25) is 10.0 Å². The average molecular weight is 799 g/mol. The molecule has 0 saturated heterocycles. The van der Waals surface area contributed by atoms with E-state index in [4.69, 9.17) is 27.9 Å². The minimum Gasteiger partial charge on any atom is -0.465 e. The Bertz CT molecular complexity index is 2210. The summed E-state index contributed by atoms with van der Waals surface area (Å²) in [5.74, 6) is -1.44. The highest BCUT2D eigenvalue weighted by Gasteiger charge is 2.32. The minimum atomic E-state index is -0.589. The molecule has 2 unspecified atom stereocenters. The van der Waals surface area contributed by atoms with Crippen molar-refractivity contribution in [1.82, 2.24) is 5.32 Å². The first-order chi connectivity index (χ1) is 26.1. The van der Waals surface area contributed by atoms with Crippen molar-refractivity contribution in [2.45, 2.75) is 48.7 Å². The van der Waals surface area contributed by atoms with E-state index in [1.807, 2.05) is 31.2 Å². The SMILES string of the molecule is CCC(Sc1cccc(NC(=O)/C(=C\c2cccc(Cl)c2Cl)NC(=O)c2ccccc2)c1)C(=O)Nc1sc2c(c1C(=O)OC)CCC(c1ccccc1)C2. The topological polar surface area (TPSA) is 114 Å². The number of benzene rings is 4. The monoisotopic (exact) mass is 797 g/mol. The number of anilines is 2. The molecule has 1 aliphatic carbocycles. The molecular formula is C42H37Cl2N3O5S2. The molecule has 3 N–H and O–H groups in total. The van der Waals surface area contributed by atoms with Gasteiger partial charge in [0.05, 0.1) is 28.0 Å². The second-order valence-electron chi connectivity index (χ2n) is 12.6. The minimum absolute atomic E-state index is 0.0490. The lowest BCUT2D eigenvalue weighted by Crippen LogP contribution is -2.30. The van der Waals surface area contributed by atoms with E-state index >= 15 is 0 Å². The van der Waals surface area contributed by atoms with E-state index in [-0.39, 0.29) is 16.6 Å². The van der Waals surface area contributed by atoms with Crippen LogP contribution in [-0.2, 0) is 27.2 Å². The molecule has 1 heterocycles. The van der Waals surface area contributed by atoms with Gasteiger partial charge in [0.2, 0.25) is 5.91 Å². The van der Waals surface area contributed by atoms with Crippen molar-refractivity contribution in [3.63, 3.8) is 0 Å². The number of esters is 1. The second-order valence-corrected chi connectivity index (χ2v) is 15.7. The van der Waals surface area contributed by atoms with E-state index in [1.165, 1.54) is 41.8 Å². The number of carbonyl (C=O) groups excluding carboxylic acids is 4. The maximum atomic E-state index is 13.8. The van der Waals surface area contributed by atoms with Crippen LogP contribution in [0.5, 0.6) is 0 Å². The fraction of sp³-hybridized carbons (Fsp3) is 0.190. The van der Waals surface area contributed by atoms with Crippen molar-refractivity contribution < 1.29 is 23.9 Å². The summed E-state index contributed by atoms with van der Waals surface area (Å²) < 4.78 is 5.16. The Kier molecular flexibility index (Phi) is 12.9. The van der Waals surface area contributed by atoms with Gasteiger partial charge in [0.25, 0.3) is 11.8 Å². The molecule has 2 atom stereocenters. The molecule has 8 nitrogen and oxygen atoms in total. The number of rotatable bonds is 12. The number of hydrogen-bond donors (Lipinski definition) is 3. The number of nitrogens with one attached hydrogen (secondary N) is 3. The van der Waals surface area contributed by atoms with Crippen LogP contribution in [0.25, 0.3) is 6.08 Å². The predicted molar refractivity (Wildman–Crippen MR) is 219 cm³/mol. The third kappa shape index (κ3) is 9.25. The van der Waals surface area contributed by atoms with Gasteiger partial charge >= 0.3 is 5.97 Å². The Morgan fingerprint density at radius 3 is 2.37 bits per heavy atom. The van der Waals surface area contributed by atoms with Gasteiger partial charge in [-0.15, -0.1) is 23.1 Å². The smallest absolute Gasteiger partial charge is 0.341 e. The van der Waals surface area contributed by atoms with E-state index in [2.05, 4.69) is 28.1 Å². The summed E-state index contributed by atoms with van der Waals surface area (Å²) in [6, 6.07) is 31.0. The molecule has 6 rings (SSSR count). The van der Waals surface area contributed by atoms with Gasteiger partial charge in [-0.2, -0.15) is 0 Å². The molecule has 0 spiro atoms. The predicted octanol–water partition coefficient (Wildman–Crippen LogP) is 10.0. The van der Waals surface area contributed by atoms with E-state index in [9.17, 15) is 19.2 Å². The maximum Gasteiger partial charge on any atom is 0.341 e. The Balaban J connectivity index is 1.18. The number of ether oxygens (including phenoxy) is 1. The van der Waals surface area contributed by atoms with Crippen LogP contribution in [0.15, 0.2) is 114 Å². The van der Waals surface area contributed by atoms with E-state index in [1.54, 1.807) is 66.7 Å². The maximum absolute atomic E-state index is 13.8. The molecule has 0 radical (unpaired) electrons. The zero-order valence-corrected chi connectivity index (χ0v) is 32.6. The summed E-state index contributed by atoms with van der Waals surface area (Å²) in [5.41, 5.74) is 3.86. The fourth-order valence-corrected chi connectivity index (χ4v) is 8.95. The van der Waals surface area contributed by atoms with Gasteiger partial charge in [0, 0.05) is 21.0 Å². The quantitative estimate of drug-likeness (QED) is 0.0658. The van der Waals surface area contributed by atoms with Gasteiger partial charge in [-0.3, -0.25) is 14.4 Å². The van der Waals surface area contributed by atoms with E-state index < -0.39 is 23.0 Å². The number of hydrogen-bond acceptors (Lipinski definition) is 7. The highest BCUT2D eigenvalue weighted by molar-refractivity contribution is 8.00. The fourth-order valence-electron chi connectivity index (χ4n) is 6.26. The summed E-state index contributed by atoms with van der Waals surface area (Å²) in [6.07, 6.45) is 4.37. The molecule has 0 saturated carbocycles. The number of methoxy groups -OCH3 is 1.